The number of hydrogen-bond acceptors (Lipinski definition) is 4. The van der Waals surface area contributed by atoms with Crippen molar-refractivity contribution in [2.45, 2.75) is 13.0 Å². The first-order valence-electron chi connectivity index (χ1n) is 4.18. The molecule has 0 radical (unpaired) electrons. The second kappa shape index (κ2) is 3.23. The lowest BCUT2D eigenvalue weighted by molar-refractivity contribution is -0.133. The van der Waals surface area contributed by atoms with Crippen LogP contribution in [0.3, 0.4) is 0 Å². The summed E-state index contributed by atoms with van der Waals surface area (Å²) in [5.74, 6) is -0.505. The summed E-state index contributed by atoms with van der Waals surface area (Å²) in [5, 5.41) is 8.86. The van der Waals surface area contributed by atoms with Crippen LogP contribution in [0.1, 0.15) is 22.3 Å². The molecule has 0 fully saturated rings. The Balaban J connectivity index is 2.49. The van der Waals surface area contributed by atoms with E-state index in [4.69, 9.17) is 9.84 Å². The average Bonchev–Trinajstić information content (AvgIpc) is 2.17. The average molecular weight is 192 g/mol. The summed E-state index contributed by atoms with van der Waals surface area (Å²) in [6.45, 7) is -0.130. The van der Waals surface area contributed by atoms with Crippen LogP contribution in [-0.2, 0) is 11.4 Å². The standard InChI is InChI=1S/C10H8O4/c11-5-6-1-2-9-7(3-6)8(12)4-10(13)14-9/h1-3,11H,4-5H2. The lowest BCUT2D eigenvalue weighted by Gasteiger charge is -2.14. The highest BCUT2D eigenvalue weighted by molar-refractivity contribution is 6.10. The summed E-state index contributed by atoms with van der Waals surface area (Å²) in [6.07, 6.45) is -0.220. The Kier molecular flexibility index (Phi) is 2.05. The zero-order valence-corrected chi connectivity index (χ0v) is 7.32. The van der Waals surface area contributed by atoms with Crippen LogP contribution in [-0.4, -0.2) is 16.9 Å². The molecule has 0 aliphatic carbocycles. The molecule has 0 saturated heterocycles. The number of benzene rings is 1. The largest absolute Gasteiger partial charge is 0.425 e. The molecular formula is C10H8O4. The number of carbonyl (C=O) groups excluding carboxylic acids is 2. The van der Waals surface area contributed by atoms with Gasteiger partial charge in [-0.1, -0.05) is 6.07 Å². The predicted octanol–water partition coefficient (Wildman–Crippen LogP) is 0.671. The van der Waals surface area contributed by atoms with Crippen molar-refractivity contribution in [2.24, 2.45) is 0 Å². The normalized spacial score (nSPS) is 14.9. The molecule has 0 atom stereocenters. The van der Waals surface area contributed by atoms with E-state index in [0.29, 0.717) is 11.1 Å². The maximum Gasteiger partial charge on any atom is 0.319 e. The van der Waals surface area contributed by atoms with Gasteiger partial charge < -0.3 is 9.84 Å². The molecule has 1 heterocycles. The highest BCUT2D eigenvalue weighted by atomic mass is 16.5. The molecule has 0 aromatic heterocycles. The number of aliphatic hydroxyl groups is 1. The third-order valence-electron chi connectivity index (χ3n) is 2.06. The SMILES string of the molecule is O=C1CC(=O)c2cc(CO)ccc2O1. The number of fused-ring (bicyclic) bond motifs is 1. The zero-order chi connectivity index (χ0) is 10.1. The van der Waals surface area contributed by atoms with E-state index in [-0.39, 0.29) is 24.6 Å². The van der Waals surface area contributed by atoms with Crippen molar-refractivity contribution in [2.75, 3.05) is 0 Å². The van der Waals surface area contributed by atoms with Crippen LogP contribution in [0.4, 0.5) is 0 Å². The summed E-state index contributed by atoms with van der Waals surface area (Å²) >= 11 is 0. The minimum atomic E-state index is -0.528. The highest BCUT2D eigenvalue weighted by Gasteiger charge is 2.24. The van der Waals surface area contributed by atoms with Gasteiger partial charge >= 0.3 is 5.97 Å². The number of rotatable bonds is 1. The first kappa shape index (κ1) is 8.90. The van der Waals surface area contributed by atoms with E-state index in [1.54, 1.807) is 12.1 Å². The topological polar surface area (TPSA) is 63.6 Å². The number of esters is 1. The first-order valence-corrected chi connectivity index (χ1v) is 4.18. The van der Waals surface area contributed by atoms with Gasteiger partial charge in [-0.3, -0.25) is 9.59 Å². The molecule has 1 N–H and O–H groups in total. The van der Waals surface area contributed by atoms with Crippen molar-refractivity contribution in [3.63, 3.8) is 0 Å². The van der Waals surface area contributed by atoms with Crippen LogP contribution < -0.4 is 4.74 Å². The van der Waals surface area contributed by atoms with Crippen molar-refractivity contribution in [3.8, 4) is 5.75 Å². The summed E-state index contributed by atoms with van der Waals surface area (Å²) in [4.78, 5) is 22.3. The van der Waals surface area contributed by atoms with Crippen molar-refractivity contribution in [1.82, 2.24) is 0 Å². The number of Topliss-reactive ketones (excluding diaryl/α,β-unsaturated/α-hetero) is 1. The van der Waals surface area contributed by atoms with Gasteiger partial charge in [0.15, 0.2) is 5.78 Å². The maximum absolute atomic E-state index is 11.4. The predicted molar refractivity (Wildman–Crippen MR) is 46.9 cm³/mol. The fourth-order valence-electron chi connectivity index (χ4n) is 1.37. The van der Waals surface area contributed by atoms with Gasteiger partial charge in [-0.2, -0.15) is 0 Å². The van der Waals surface area contributed by atoms with Crippen LogP contribution in [0.25, 0.3) is 0 Å². The van der Waals surface area contributed by atoms with Crippen LogP contribution >= 0.6 is 0 Å². The first-order chi connectivity index (χ1) is 6.70. The fourth-order valence-corrected chi connectivity index (χ4v) is 1.37. The molecule has 0 saturated carbocycles. The van der Waals surface area contributed by atoms with E-state index in [2.05, 4.69) is 0 Å². The quantitative estimate of drug-likeness (QED) is 0.403. The van der Waals surface area contributed by atoms with Crippen molar-refractivity contribution in [3.05, 3.63) is 29.3 Å². The van der Waals surface area contributed by atoms with Crippen molar-refractivity contribution in [1.29, 1.82) is 0 Å². The van der Waals surface area contributed by atoms with Gasteiger partial charge in [0.05, 0.1) is 12.2 Å². The molecule has 14 heavy (non-hydrogen) atoms. The molecule has 4 nitrogen and oxygen atoms in total. The van der Waals surface area contributed by atoms with E-state index in [1.807, 2.05) is 0 Å². The van der Waals surface area contributed by atoms with Gasteiger partial charge in [-0.25, -0.2) is 0 Å². The molecule has 2 rings (SSSR count). The molecule has 1 aliphatic rings. The number of ether oxygens (including phenoxy) is 1. The van der Waals surface area contributed by atoms with Crippen molar-refractivity contribution >= 4 is 11.8 Å². The van der Waals surface area contributed by atoms with Crippen LogP contribution in [0, 0.1) is 0 Å². The molecule has 1 aromatic rings. The molecule has 72 valence electrons. The van der Waals surface area contributed by atoms with E-state index < -0.39 is 5.97 Å². The smallest absolute Gasteiger partial charge is 0.319 e. The van der Waals surface area contributed by atoms with Crippen LogP contribution in [0.15, 0.2) is 18.2 Å². The molecule has 0 amide bonds. The van der Waals surface area contributed by atoms with Gasteiger partial charge in [0.25, 0.3) is 0 Å². The van der Waals surface area contributed by atoms with Gasteiger partial charge in [0, 0.05) is 0 Å². The van der Waals surface area contributed by atoms with Gasteiger partial charge in [-0.15, -0.1) is 0 Å². The van der Waals surface area contributed by atoms with E-state index in [9.17, 15) is 9.59 Å². The second-order valence-electron chi connectivity index (χ2n) is 3.06. The number of aliphatic hydroxyl groups excluding tert-OH is 1. The molecule has 4 heteroatoms. The molecule has 0 unspecified atom stereocenters. The Labute approximate surface area is 80.1 Å². The third kappa shape index (κ3) is 1.40. The van der Waals surface area contributed by atoms with Gasteiger partial charge in [0.2, 0.25) is 0 Å². The number of ketones is 1. The summed E-state index contributed by atoms with van der Waals surface area (Å²) in [5.41, 5.74) is 1.01. The molecule has 1 aliphatic heterocycles. The molecule has 1 aromatic carbocycles. The van der Waals surface area contributed by atoms with Crippen LogP contribution in [0.2, 0.25) is 0 Å². The van der Waals surface area contributed by atoms with E-state index in [0.717, 1.165) is 0 Å². The fraction of sp³-hybridized carbons (Fsp3) is 0.200. The second-order valence-corrected chi connectivity index (χ2v) is 3.06. The zero-order valence-electron chi connectivity index (χ0n) is 7.32. The molecular weight excluding hydrogens is 184 g/mol. The maximum atomic E-state index is 11.4. The van der Waals surface area contributed by atoms with E-state index in [1.165, 1.54) is 6.07 Å². The molecule has 0 bridgehead atoms. The summed E-state index contributed by atoms with van der Waals surface area (Å²) in [6, 6.07) is 4.69. The summed E-state index contributed by atoms with van der Waals surface area (Å²) < 4.78 is 4.86. The van der Waals surface area contributed by atoms with Gasteiger partial charge in [-0.05, 0) is 17.7 Å². The van der Waals surface area contributed by atoms with Crippen LogP contribution in [0.5, 0.6) is 5.75 Å². The number of carbonyl (C=O) groups is 2. The minimum Gasteiger partial charge on any atom is -0.425 e. The lowest BCUT2D eigenvalue weighted by atomic mass is 10.0. The summed E-state index contributed by atoms with van der Waals surface area (Å²) in [7, 11) is 0. The third-order valence-corrected chi connectivity index (χ3v) is 2.06. The minimum absolute atomic E-state index is 0.130. The Hall–Kier alpha value is -1.68. The molecule has 0 spiro atoms. The Morgan fingerprint density at radius 3 is 2.86 bits per heavy atom. The van der Waals surface area contributed by atoms with E-state index >= 15 is 0 Å². The number of hydrogen-bond donors (Lipinski definition) is 1. The monoisotopic (exact) mass is 192 g/mol. The lowest BCUT2D eigenvalue weighted by Crippen LogP contribution is -2.21. The Morgan fingerprint density at radius 1 is 1.36 bits per heavy atom. The van der Waals surface area contributed by atoms with Crippen molar-refractivity contribution < 1.29 is 19.4 Å². The Bertz CT molecular complexity index is 409. The van der Waals surface area contributed by atoms with Gasteiger partial charge in [0.1, 0.15) is 12.2 Å². The Morgan fingerprint density at radius 2 is 2.14 bits per heavy atom. The highest BCUT2D eigenvalue weighted by Crippen LogP contribution is 2.26.